The second-order valence-corrected chi connectivity index (χ2v) is 8.95. The summed E-state index contributed by atoms with van der Waals surface area (Å²) in [5.74, 6) is 0.259. The van der Waals surface area contributed by atoms with E-state index in [9.17, 15) is 9.18 Å². The lowest BCUT2D eigenvalue weighted by Gasteiger charge is -2.44. The first-order valence-electron chi connectivity index (χ1n) is 9.61. The van der Waals surface area contributed by atoms with Crippen molar-refractivity contribution in [3.8, 4) is 5.75 Å². The molecule has 0 saturated carbocycles. The number of carbonyl (C=O) groups is 1. The molecule has 29 heavy (non-hydrogen) atoms. The highest BCUT2D eigenvalue weighted by Crippen LogP contribution is 2.32. The zero-order valence-corrected chi connectivity index (χ0v) is 19.1. The van der Waals surface area contributed by atoms with E-state index in [-0.39, 0.29) is 30.4 Å². The number of halogens is 3. The van der Waals surface area contributed by atoms with E-state index in [1.807, 2.05) is 36.9 Å². The molecule has 0 spiro atoms. The summed E-state index contributed by atoms with van der Waals surface area (Å²) in [5.41, 5.74) is 1.94. The van der Waals surface area contributed by atoms with Gasteiger partial charge >= 0.3 is 0 Å². The van der Waals surface area contributed by atoms with Gasteiger partial charge in [0, 0.05) is 36.2 Å². The van der Waals surface area contributed by atoms with Gasteiger partial charge in [-0.2, -0.15) is 0 Å². The Balaban J connectivity index is 1.59. The van der Waals surface area contributed by atoms with Crippen LogP contribution >= 0.6 is 27.5 Å². The average Bonchev–Trinajstić information content (AvgIpc) is 2.65. The fourth-order valence-electron chi connectivity index (χ4n) is 3.68. The zero-order chi connectivity index (χ0) is 21.1. The number of amides is 1. The maximum atomic E-state index is 13.1. The van der Waals surface area contributed by atoms with Crippen LogP contribution in [0.4, 0.5) is 4.39 Å². The molecule has 2 aromatic rings. The average molecular weight is 484 g/mol. The van der Waals surface area contributed by atoms with Crippen molar-refractivity contribution in [1.82, 2.24) is 9.80 Å². The maximum absolute atomic E-state index is 13.1. The smallest absolute Gasteiger partial charge is 0.260 e. The van der Waals surface area contributed by atoms with Gasteiger partial charge in [0.25, 0.3) is 5.91 Å². The predicted octanol–water partition coefficient (Wildman–Crippen LogP) is 5.05. The summed E-state index contributed by atoms with van der Waals surface area (Å²) in [4.78, 5) is 17.0. The van der Waals surface area contributed by atoms with Crippen molar-refractivity contribution in [3.05, 3.63) is 62.8 Å². The molecule has 0 aliphatic carbocycles. The van der Waals surface area contributed by atoms with Crippen LogP contribution in [0, 0.1) is 12.7 Å². The Bertz CT molecular complexity index is 855. The van der Waals surface area contributed by atoms with Crippen molar-refractivity contribution in [2.45, 2.75) is 39.4 Å². The normalized spacial score (nSPS) is 20.0. The lowest BCUT2D eigenvalue weighted by Crippen LogP contribution is -2.58. The molecule has 1 aliphatic heterocycles. The third kappa shape index (κ3) is 5.50. The summed E-state index contributed by atoms with van der Waals surface area (Å²) >= 11 is 9.65. The lowest BCUT2D eigenvalue weighted by molar-refractivity contribution is -0.139. The molecule has 0 aromatic heterocycles. The van der Waals surface area contributed by atoms with Gasteiger partial charge in [-0.15, -0.1) is 0 Å². The van der Waals surface area contributed by atoms with Crippen molar-refractivity contribution in [3.63, 3.8) is 0 Å². The summed E-state index contributed by atoms with van der Waals surface area (Å²) < 4.78 is 19.8. The molecular weight excluding hydrogens is 459 g/mol. The Morgan fingerprint density at radius 1 is 1.21 bits per heavy atom. The molecule has 1 aliphatic rings. The minimum atomic E-state index is -0.230. The Morgan fingerprint density at radius 2 is 1.90 bits per heavy atom. The molecule has 0 bridgehead atoms. The van der Waals surface area contributed by atoms with Crippen molar-refractivity contribution in [2.24, 2.45) is 0 Å². The molecule has 3 rings (SSSR count). The summed E-state index contributed by atoms with van der Waals surface area (Å²) in [6.45, 7) is 8.11. The SMILES string of the molecule is Cc1cc(Br)cc(Cl)c1OCC(=O)N1C[C@@H](C)N(Cc2ccc(F)cc2)C[C@@H]1C. The van der Waals surface area contributed by atoms with Gasteiger partial charge in [-0.3, -0.25) is 9.69 Å². The summed E-state index contributed by atoms with van der Waals surface area (Å²) in [6.07, 6.45) is 0. The second kappa shape index (κ2) is 9.45. The molecule has 7 heteroatoms. The molecule has 0 N–H and O–H groups in total. The molecule has 1 saturated heterocycles. The molecule has 2 aromatic carbocycles. The summed E-state index contributed by atoms with van der Waals surface area (Å²) in [7, 11) is 0. The van der Waals surface area contributed by atoms with Crippen LogP contribution in [0.5, 0.6) is 5.75 Å². The van der Waals surface area contributed by atoms with Crippen LogP contribution < -0.4 is 4.74 Å². The highest BCUT2D eigenvalue weighted by molar-refractivity contribution is 9.10. The van der Waals surface area contributed by atoms with Gasteiger partial charge in [-0.25, -0.2) is 4.39 Å². The minimum Gasteiger partial charge on any atom is -0.482 e. The number of aryl methyl sites for hydroxylation is 1. The third-order valence-electron chi connectivity index (χ3n) is 5.27. The van der Waals surface area contributed by atoms with E-state index < -0.39 is 0 Å². The van der Waals surface area contributed by atoms with Crippen molar-refractivity contribution in [2.75, 3.05) is 19.7 Å². The van der Waals surface area contributed by atoms with Crippen molar-refractivity contribution in [1.29, 1.82) is 0 Å². The molecule has 1 heterocycles. The van der Waals surface area contributed by atoms with Gasteiger partial charge in [-0.05, 0) is 56.2 Å². The van der Waals surface area contributed by atoms with E-state index in [4.69, 9.17) is 16.3 Å². The van der Waals surface area contributed by atoms with Gasteiger partial charge in [0.1, 0.15) is 11.6 Å². The van der Waals surface area contributed by atoms with E-state index in [2.05, 4.69) is 27.8 Å². The van der Waals surface area contributed by atoms with Crippen LogP contribution in [0.3, 0.4) is 0 Å². The number of rotatable bonds is 5. The second-order valence-electron chi connectivity index (χ2n) is 7.62. The standard InChI is InChI=1S/C22H25BrClFN2O2/c1-14-8-18(23)9-20(24)22(14)29-13-21(28)27-11-15(2)26(10-16(27)3)12-17-4-6-19(25)7-5-17/h4-9,15-16H,10-13H2,1-3H3/t15-,16+/m1/s1. The molecule has 2 atom stereocenters. The van der Waals surface area contributed by atoms with Crippen LogP contribution in [-0.2, 0) is 11.3 Å². The first-order chi connectivity index (χ1) is 13.7. The van der Waals surface area contributed by atoms with Crippen LogP contribution in [0.15, 0.2) is 40.9 Å². The van der Waals surface area contributed by atoms with E-state index in [0.29, 0.717) is 17.3 Å². The number of hydrogen-bond donors (Lipinski definition) is 0. The van der Waals surface area contributed by atoms with Crippen LogP contribution in [0.25, 0.3) is 0 Å². The van der Waals surface area contributed by atoms with Crippen LogP contribution in [0.1, 0.15) is 25.0 Å². The van der Waals surface area contributed by atoms with Gasteiger partial charge in [0.15, 0.2) is 6.61 Å². The van der Waals surface area contributed by atoms with E-state index in [1.54, 1.807) is 6.07 Å². The Labute approximate surface area is 184 Å². The number of nitrogens with zero attached hydrogens (tertiary/aromatic N) is 2. The first kappa shape index (κ1) is 22.1. The lowest BCUT2D eigenvalue weighted by atomic mass is 10.1. The fraction of sp³-hybridized carbons (Fsp3) is 0.409. The monoisotopic (exact) mass is 482 g/mol. The van der Waals surface area contributed by atoms with E-state index >= 15 is 0 Å². The summed E-state index contributed by atoms with van der Waals surface area (Å²) in [5, 5.41) is 0.482. The first-order valence-corrected chi connectivity index (χ1v) is 10.8. The van der Waals surface area contributed by atoms with Gasteiger partial charge in [-0.1, -0.05) is 39.7 Å². The number of piperazine rings is 1. The Hall–Kier alpha value is -1.63. The molecule has 4 nitrogen and oxygen atoms in total. The van der Waals surface area contributed by atoms with Crippen LogP contribution in [-0.4, -0.2) is 47.5 Å². The Kier molecular flexibility index (Phi) is 7.19. The number of benzene rings is 2. The number of carbonyl (C=O) groups excluding carboxylic acids is 1. The minimum absolute atomic E-state index is 0.0444. The number of ether oxygens (including phenoxy) is 1. The van der Waals surface area contributed by atoms with Gasteiger partial charge in [0.05, 0.1) is 5.02 Å². The van der Waals surface area contributed by atoms with Crippen molar-refractivity contribution < 1.29 is 13.9 Å². The molecule has 1 fully saturated rings. The largest absolute Gasteiger partial charge is 0.482 e. The topological polar surface area (TPSA) is 32.8 Å². The van der Waals surface area contributed by atoms with Gasteiger partial charge in [0.2, 0.25) is 0 Å². The summed E-state index contributed by atoms with van der Waals surface area (Å²) in [6, 6.07) is 10.5. The van der Waals surface area contributed by atoms with Crippen LogP contribution in [0.2, 0.25) is 5.02 Å². The third-order valence-corrected chi connectivity index (χ3v) is 6.01. The Morgan fingerprint density at radius 3 is 2.55 bits per heavy atom. The maximum Gasteiger partial charge on any atom is 0.260 e. The zero-order valence-electron chi connectivity index (χ0n) is 16.8. The van der Waals surface area contributed by atoms with E-state index in [1.165, 1.54) is 12.1 Å². The van der Waals surface area contributed by atoms with Gasteiger partial charge < -0.3 is 9.64 Å². The molecule has 1 amide bonds. The predicted molar refractivity (Wildman–Crippen MR) is 117 cm³/mol. The quantitative estimate of drug-likeness (QED) is 0.597. The fourth-order valence-corrected chi connectivity index (χ4v) is 4.70. The highest BCUT2D eigenvalue weighted by atomic mass is 79.9. The molecule has 0 radical (unpaired) electrons. The van der Waals surface area contributed by atoms with E-state index in [0.717, 1.165) is 28.7 Å². The molecular formula is C22H25BrClFN2O2. The highest BCUT2D eigenvalue weighted by Gasteiger charge is 2.32. The van der Waals surface area contributed by atoms with Crippen molar-refractivity contribution >= 4 is 33.4 Å². The number of hydrogen-bond acceptors (Lipinski definition) is 3. The molecule has 0 unspecified atom stereocenters. The molecule has 156 valence electrons.